The first kappa shape index (κ1) is 13.8. The number of hydrogen-bond donors (Lipinski definition) is 2. The second-order valence-corrected chi connectivity index (χ2v) is 6.51. The van der Waals surface area contributed by atoms with Crippen molar-refractivity contribution in [2.45, 2.75) is 63.5 Å². The molecule has 18 heavy (non-hydrogen) atoms. The van der Waals surface area contributed by atoms with Crippen molar-refractivity contribution < 1.29 is 9.90 Å². The van der Waals surface area contributed by atoms with Gasteiger partial charge in [-0.3, -0.25) is 4.79 Å². The average molecular weight is 254 g/mol. The van der Waals surface area contributed by atoms with E-state index in [2.05, 4.69) is 0 Å². The predicted molar refractivity (Wildman–Crippen MR) is 71.0 cm³/mol. The molecule has 4 heteroatoms. The molecule has 2 rings (SSSR count). The van der Waals surface area contributed by atoms with Gasteiger partial charge in [0.25, 0.3) is 0 Å². The summed E-state index contributed by atoms with van der Waals surface area (Å²) in [6.45, 7) is 2.43. The van der Waals surface area contributed by atoms with Crippen LogP contribution in [0, 0.1) is 5.41 Å². The molecule has 0 bridgehead atoms. The van der Waals surface area contributed by atoms with Crippen LogP contribution in [0.3, 0.4) is 0 Å². The number of nitrogens with zero attached hydrogens (tertiary/aromatic N) is 1. The first-order valence-corrected chi connectivity index (χ1v) is 7.11. The highest BCUT2D eigenvalue weighted by molar-refractivity contribution is 5.83. The van der Waals surface area contributed by atoms with Gasteiger partial charge in [-0.15, -0.1) is 0 Å². The van der Waals surface area contributed by atoms with Crippen molar-refractivity contribution in [2.24, 2.45) is 11.1 Å². The molecule has 4 nitrogen and oxygen atoms in total. The number of likely N-dealkylation sites (N-methyl/N-ethyl adjacent to an activating group) is 1. The Morgan fingerprint density at radius 2 is 1.94 bits per heavy atom. The number of rotatable bonds is 3. The maximum absolute atomic E-state index is 12.5. The minimum absolute atomic E-state index is 0.0364. The van der Waals surface area contributed by atoms with Crippen LogP contribution in [-0.2, 0) is 4.79 Å². The largest absolute Gasteiger partial charge is 0.388 e. The molecule has 2 atom stereocenters. The van der Waals surface area contributed by atoms with E-state index < -0.39 is 11.0 Å². The fourth-order valence-corrected chi connectivity index (χ4v) is 3.60. The summed E-state index contributed by atoms with van der Waals surface area (Å²) < 4.78 is 0. The van der Waals surface area contributed by atoms with E-state index in [4.69, 9.17) is 5.73 Å². The summed E-state index contributed by atoms with van der Waals surface area (Å²) in [5.41, 5.74) is 4.99. The molecule has 0 aromatic rings. The topological polar surface area (TPSA) is 66.6 Å². The summed E-state index contributed by atoms with van der Waals surface area (Å²) in [6, 6.07) is -0.0364. The zero-order valence-electron chi connectivity index (χ0n) is 11.6. The summed E-state index contributed by atoms with van der Waals surface area (Å²) in [5, 5.41) is 10.4. The van der Waals surface area contributed by atoms with Gasteiger partial charge in [0.2, 0.25) is 5.91 Å². The van der Waals surface area contributed by atoms with Gasteiger partial charge in [-0.1, -0.05) is 19.3 Å². The Morgan fingerprint density at radius 1 is 1.33 bits per heavy atom. The molecular weight excluding hydrogens is 228 g/mol. The molecule has 2 aliphatic carbocycles. The van der Waals surface area contributed by atoms with E-state index in [1.165, 1.54) is 0 Å². The van der Waals surface area contributed by atoms with Crippen LogP contribution in [0.15, 0.2) is 0 Å². The van der Waals surface area contributed by atoms with Gasteiger partial charge in [0, 0.05) is 19.6 Å². The summed E-state index contributed by atoms with van der Waals surface area (Å²) in [7, 11) is 1.80. The van der Waals surface area contributed by atoms with Gasteiger partial charge in [-0.25, -0.2) is 0 Å². The monoisotopic (exact) mass is 254 g/mol. The average Bonchev–Trinajstić information content (AvgIpc) is 2.87. The van der Waals surface area contributed by atoms with Crippen molar-refractivity contribution in [1.82, 2.24) is 4.90 Å². The molecule has 0 aromatic carbocycles. The summed E-state index contributed by atoms with van der Waals surface area (Å²) in [4.78, 5) is 14.2. The fraction of sp³-hybridized carbons (Fsp3) is 0.929. The van der Waals surface area contributed by atoms with E-state index >= 15 is 0 Å². The van der Waals surface area contributed by atoms with E-state index in [9.17, 15) is 9.90 Å². The van der Waals surface area contributed by atoms with E-state index in [1.807, 2.05) is 6.92 Å². The Morgan fingerprint density at radius 3 is 2.44 bits per heavy atom. The number of carbonyl (C=O) groups is 1. The number of carbonyl (C=O) groups excluding carboxylic acids is 1. The van der Waals surface area contributed by atoms with E-state index in [0.717, 1.165) is 44.9 Å². The van der Waals surface area contributed by atoms with E-state index in [-0.39, 0.29) is 11.9 Å². The normalized spacial score (nSPS) is 34.8. The molecule has 2 unspecified atom stereocenters. The molecule has 1 amide bonds. The molecule has 0 radical (unpaired) electrons. The Hall–Kier alpha value is -0.610. The zero-order chi connectivity index (χ0) is 13.4. The van der Waals surface area contributed by atoms with Crippen molar-refractivity contribution in [2.75, 3.05) is 13.6 Å². The van der Waals surface area contributed by atoms with Gasteiger partial charge in [-0.05, 0) is 32.6 Å². The lowest BCUT2D eigenvalue weighted by Crippen LogP contribution is -2.51. The Bertz CT molecular complexity index is 326. The highest BCUT2D eigenvalue weighted by Crippen LogP contribution is 2.39. The molecule has 0 saturated heterocycles. The zero-order valence-corrected chi connectivity index (χ0v) is 11.6. The van der Waals surface area contributed by atoms with Crippen molar-refractivity contribution >= 4 is 5.91 Å². The lowest BCUT2D eigenvalue weighted by atomic mass is 9.83. The van der Waals surface area contributed by atoms with Crippen LogP contribution >= 0.6 is 0 Å². The Balaban J connectivity index is 2.00. The van der Waals surface area contributed by atoms with Crippen LogP contribution in [-0.4, -0.2) is 41.1 Å². The van der Waals surface area contributed by atoms with Gasteiger partial charge >= 0.3 is 0 Å². The highest BCUT2D eigenvalue weighted by atomic mass is 16.3. The van der Waals surface area contributed by atoms with Crippen LogP contribution in [0.1, 0.15) is 51.9 Å². The lowest BCUT2D eigenvalue weighted by Gasteiger charge is -2.36. The van der Waals surface area contributed by atoms with Gasteiger partial charge in [0.15, 0.2) is 0 Å². The van der Waals surface area contributed by atoms with Gasteiger partial charge in [-0.2, -0.15) is 0 Å². The predicted octanol–water partition coefficient (Wildman–Crippen LogP) is 1.27. The van der Waals surface area contributed by atoms with Gasteiger partial charge < -0.3 is 15.7 Å². The van der Waals surface area contributed by atoms with E-state index in [0.29, 0.717) is 6.54 Å². The third-order valence-corrected chi connectivity index (χ3v) is 4.93. The van der Waals surface area contributed by atoms with Crippen LogP contribution in [0.25, 0.3) is 0 Å². The summed E-state index contributed by atoms with van der Waals surface area (Å²) in [6.07, 6.45) is 6.59. The molecule has 104 valence electrons. The standard InChI is InChI=1S/C14H26N2O2/c1-13(7-5-6-11(13)15)12(17)16(2)10-14(18)8-3-4-9-14/h11,18H,3-10,15H2,1-2H3. The maximum atomic E-state index is 12.5. The van der Waals surface area contributed by atoms with Crippen LogP contribution < -0.4 is 5.73 Å². The van der Waals surface area contributed by atoms with Crippen LogP contribution in [0.4, 0.5) is 0 Å². The molecular formula is C14H26N2O2. The van der Waals surface area contributed by atoms with Crippen molar-refractivity contribution in [3.05, 3.63) is 0 Å². The number of hydrogen-bond acceptors (Lipinski definition) is 3. The SMILES string of the molecule is CN(CC1(O)CCCC1)C(=O)C1(C)CCCC1N. The highest BCUT2D eigenvalue weighted by Gasteiger charge is 2.45. The Labute approximate surface area is 110 Å². The molecule has 2 saturated carbocycles. The third kappa shape index (κ3) is 2.41. The molecule has 0 aromatic heterocycles. The smallest absolute Gasteiger partial charge is 0.229 e. The first-order chi connectivity index (χ1) is 8.37. The molecule has 0 spiro atoms. The quantitative estimate of drug-likeness (QED) is 0.797. The van der Waals surface area contributed by atoms with Gasteiger partial charge in [0.1, 0.15) is 0 Å². The number of nitrogens with two attached hydrogens (primary N) is 1. The second kappa shape index (κ2) is 4.82. The molecule has 3 N–H and O–H groups in total. The molecule has 0 aliphatic heterocycles. The molecule has 0 heterocycles. The summed E-state index contributed by atoms with van der Waals surface area (Å²) >= 11 is 0. The van der Waals surface area contributed by atoms with Crippen molar-refractivity contribution in [1.29, 1.82) is 0 Å². The van der Waals surface area contributed by atoms with Crippen molar-refractivity contribution in [3.8, 4) is 0 Å². The van der Waals surface area contributed by atoms with Crippen LogP contribution in [0.2, 0.25) is 0 Å². The van der Waals surface area contributed by atoms with Crippen LogP contribution in [0.5, 0.6) is 0 Å². The number of aliphatic hydroxyl groups is 1. The number of amides is 1. The maximum Gasteiger partial charge on any atom is 0.229 e. The minimum atomic E-state index is -0.663. The van der Waals surface area contributed by atoms with E-state index in [1.54, 1.807) is 11.9 Å². The molecule has 2 fully saturated rings. The Kier molecular flexibility index (Phi) is 3.70. The molecule has 2 aliphatic rings. The van der Waals surface area contributed by atoms with Crippen molar-refractivity contribution in [3.63, 3.8) is 0 Å². The lowest BCUT2D eigenvalue weighted by molar-refractivity contribution is -0.143. The second-order valence-electron chi connectivity index (χ2n) is 6.51. The minimum Gasteiger partial charge on any atom is -0.388 e. The fourth-order valence-electron chi connectivity index (χ4n) is 3.60. The third-order valence-electron chi connectivity index (χ3n) is 4.93. The van der Waals surface area contributed by atoms with Gasteiger partial charge in [0.05, 0.1) is 11.0 Å². The first-order valence-electron chi connectivity index (χ1n) is 7.11. The summed E-state index contributed by atoms with van der Waals surface area (Å²) in [5.74, 6) is 0.104.